The second-order valence-electron chi connectivity index (χ2n) is 4.45. The van der Waals surface area contributed by atoms with Crippen molar-refractivity contribution in [2.24, 2.45) is 11.1 Å². The van der Waals surface area contributed by atoms with Gasteiger partial charge in [0.15, 0.2) is 0 Å². The molecule has 0 bridgehead atoms. The second-order valence-corrected chi connectivity index (χ2v) is 4.45. The van der Waals surface area contributed by atoms with E-state index in [2.05, 4.69) is 0 Å². The molecule has 1 rings (SSSR count). The Hall–Kier alpha value is -2.11. The van der Waals surface area contributed by atoms with Gasteiger partial charge in [-0.2, -0.15) is 0 Å². The van der Waals surface area contributed by atoms with Crippen molar-refractivity contribution in [3.05, 3.63) is 29.6 Å². The number of carboxylic acids is 1. The summed E-state index contributed by atoms with van der Waals surface area (Å²) in [6.45, 7) is 2.71. The number of hydrogen-bond donors (Lipinski definition) is 2. The molecular formula is C12H14FNO4. The van der Waals surface area contributed by atoms with E-state index >= 15 is 0 Å². The summed E-state index contributed by atoms with van der Waals surface area (Å²) < 4.78 is 18.6. The van der Waals surface area contributed by atoms with Gasteiger partial charge < -0.3 is 15.6 Å². The maximum absolute atomic E-state index is 13.4. The highest BCUT2D eigenvalue weighted by Crippen LogP contribution is 2.24. The predicted octanol–water partition coefficient (Wildman–Crippen LogP) is 1.41. The SMILES string of the molecule is CC(C)(COc1cccc(F)c1C(N)=O)C(=O)O. The Morgan fingerprint density at radius 3 is 2.56 bits per heavy atom. The lowest BCUT2D eigenvalue weighted by Crippen LogP contribution is -2.31. The molecule has 3 N–H and O–H groups in total. The highest BCUT2D eigenvalue weighted by molar-refractivity contribution is 5.95. The first-order valence-electron chi connectivity index (χ1n) is 5.20. The lowest BCUT2D eigenvalue weighted by molar-refractivity contribution is -0.148. The molecule has 0 fully saturated rings. The van der Waals surface area contributed by atoms with Crippen LogP contribution < -0.4 is 10.5 Å². The molecule has 0 aliphatic rings. The van der Waals surface area contributed by atoms with E-state index in [0.717, 1.165) is 6.07 Å². The van der Waals surface area contributed by atoms with Crippen LogP contribution in [-0.2, 0) is 4.79 Å². The number of carbonyl (C=O) groups is 2. The molecule has 0 saturated carbocycles. The maximum Gasteiger partial charge on any atom is 0.312 e. The fourth-order valence-electron chi connectivity index (χ4n) is 1.18. The van der Waals surface area contributed by atoms with Crippen molar-refractivity contribution in [2.45, 2.75) is 13.8 Å². The minimum atomic E-state index is -1.15. The minimum absolute atomic E-state index is 0.0585. The zero-order valence-corrected chi connectivity index (χ0v) is 10.1. The van der Waals surface area contributed by atoms with Gasteiger partial charge in [-0.25, -0.2) is 4.39 Å². The third-order valence-corrected chi connectivity index (χ3v) is 2.39. The van der Waals surface area contributed by atoms with Gasteiger partial charge in [-0.3, -0.25) is 9.59 Å². The van der Waals surface area contributed by atoms with Crippen molar-refractivity contribution in [1.82, 2.24) is 0 Å². The number of benzene rings is 1. The second kappa shape index (κ2) is 5.03. The van der Waals surface area contributed by atoms with Crippen molar-refractivity contribution in [1.29, 1.82) is 0 Å². The normalized spacial score (nSPS) is 11.1. The van der Waals surface area contributed by atoms with E-state index in [0.29, 0.717) is 0 Å². The number of primary amides is 1. The number of hydrogen-bond acceptors (Lipinski definition) is 3. The van der Waals surface area contributed by atoms with Crippen molar-refractivity contribution >= 4 is 11.9 Å². The quantitative estimate of drug-likeness (QED) is 0.832. The molecule has 18 heavy (non-hydrogen) atoms. The third kappa shape index (κ3) is 2.97. The molecule has 0 unspecified atom stereocenters. The molecule has 0 aliphatic carbocycles. The van der Waals surface area contributed by atoms with Crippen LogP contribution in [0.25, 0.3) is 0 Å². The molecule has 6 heteroatoms. The molecule has 1 aromatic rings. The van der Waals surface area contributed by atoms with Crippen LogP contribution in [0.3, 0.4) is 0 Å². The predicted molar refractivity (Wildman–Crippen MR) is 61.8 cm³/mol. The van der Waals surface area contributed by atoms with Gasteiger partial charge in [-0.05, 0) is 26.0 Å². The molecule has 0 atom stereocenters. The summed E-state index contributed by atoms with van der Waals surface area (Å²) in [5, 5.41) is 8.91. The molecular weight excluding hydrogens is 241 g/mol. The lowest BCUT2D eigenvalue weighted by atomic mass is 9.95. The van der Waals surface area contributed by atoms with E-state index in [1.165, 1.54) is 26.0 Å². The lowest BCUT2D eigenvalue weighted by Gasteiger charge is -2.20. The molecule has 0 aliphatic heterocycles. The molecule has 5 nitrogen and oxygen atoms in total. The maximum atomic E-state index is 13.4. The Morgan fingerprint density at radius 1 is 1.44 bits per heavy atom. The first-order valence-corrected chi connectivity index (χ1v) is 5.20. The minimum Gasteiger partial charge on any atom is -0.491 e. The molecule has 0 radical (unpaired) electrons. The van der Waals surface area contributed by atoms with Gasteiger partial charge >= 0.3 is 5.97 Å². The van der Waals surface area contributed by atoms with Gasteiger partial charge in [-0.1, -0.05) is 6.07 Å². The Labute approximate surface area is 103 Å². The van der Waals surface area contributed by atoms with Crippen LogP contribution >= 0.6 is 0 Å². The van der Waals surface area contributed by atoms with Gasteiger partial charge in [0.1, 0.15) is 23.7 Å². The smallest absolute Gasteiger partial charge is 0.312 e. The summed E-state index contributed by atoms with van der Waals surface area (Å²) >= 11 is 0. The molecule has 0 heterocycles. The highest BCUT2D eigenvalue weighted by Gasteiger charge is 2.29. The van der Waals surface area contributed by atoms with Crippen LogP contribution in [0.15, 0.2) is 18.2 Å². The zero-order valence-electron chi connectivity index (χ0n) is 10.1. The number of aliphatic carboxylic acids is 1. The summed E-state index contributed by atoms with van der Waals surface area (Å²) in [4.78, 5) is 22.0. The highest BCUT2D eigenvalue weighted by atomic mass is 19.1. The van der Waals surface area contributed by atoms with Crippen LogP contribution in [-0.4, -0.2) is 23.6 Å². The largest absolute Gasteiger partial charge is 0.491 e. The van der Waals surface area contributed by atoms with Crippen LogP contribution in [0.1, 0.15) is 24.2 Å². The first kappa shape index (κ1) is 14.0. The number of nitrogens with two attached hydrogens (primary N) is 1. The van der Waals surface area contributed by atoms with Crippen molar-refractivity contribution in [3.8, 4) is 5.75 Å². The van der Waals surface area contributed by atoms with Gasteiger partial charge in [0, 0.05) is 0 Å². The Morgan fingerprint density at radius 2 is 2.06 bits per heavy atom. The van der Waals surface area contributed by atoms with Crippen LogP contribution in [0.2, 0.25) is 0 Å². The summed E-state index contributed by atoms with van der Waals surface area (Å²) in [6.07, 6.45) is 0. The van der Waals surface area contributed by atoms with Gasteiger partial charge in [0.2, 0.25) is 0 Å². The number of ether oxygens (including phenoxy) is 1. The summed E-state index contributed by atoms with van der Waals surface area (Å²) in [7, 11) is 0. The molecule has 98 valence electrons. The van der Waals surface area contributed by atoms with Crippen LogP contribution in [0.5, 0.6) is 5.75 Å². The van der Waals surface area contributed by atoms with E-state index in [1.807, 2.05) is 0 Å². The van der Waals surface area contributed by atoms with E-state index in [-0.39, 0.29) is 17.9 Å². The molecule has 0 spiro atoms. The summed E-state index contributed by atoms with van der Waals surface area (Å²) in [5.74, 6) is -2.87. The molecule has 0 saturated heterocycles. The zero-order chi connectivity index (χ0) is 13.9. The standard InChI is InChI=1S/C12H14FNO4/c1-12(2,11(16)17)6-18-8-5-3-4-7(13)9(8)10(14)15/h3-5H,6H2,1-2H3,(H2,14,15)(H,16,17). The molecule has 1 amide bonds. The fourth-order valence-corrected chi connectivity index (χ4v) is 1.18. The monoisotopic (exact) mass is 255 g/mol. The number of carbonyl (C=O) groups excluding carboxylic acids is 1. The van der Waals surface area contributed by atoms with E-state index in [1.54, 1.807) is 0 Å². The van der Waals surface area contributed by atoms with Crippen LogP contribution in [0.4, 0.5) is 4.39 Å². The van der Waals surface area contributed by atoms with Gasteiger partial charge in [0.25, 0.3) is 5.91 Å². The Bertz CT molecular complexity index is 485. The van der Waals surface area contributed by atoms with E-state index < -0.39 is 23.1 Å². The summed E-state index contributed by atoms with van der Waals surface area (Å²) in [6, 6.07) is 3.79. The van der Waals surface area contributed by atoms with Gasteiger partial charge in [0.05, 0.1) is 5.41 Å². The van der Waals surface area contributed by atoms with Crippen molar-refractivity contribution in [2.75, 3.05) is 6.61 Å². The van der Waals surface area contributed by atoms with E-state index in [9.17, 15) is 14.0 Å². The Kier molecular flexibility index (Phi) is 3.90. The average Bonchev–Trinajstić information content (AvgIpc) is 2.25. The number of amides is 1. The van der Waals surface area contributed by atoms with Crippen molar-refractivity contribution in [3.63, 3.8) is 0 Å². The third-order valence-electron chi connectivity index (χ3n) is 2.39. The molecule has 1 aromatic carbocycles. The van der Waals surface area contributed by atoms with Crippen LogP contribution in [0, 0.1) is 11.2 Å². The number of rotatable bonds is 5. The Balaban J connectivity index is 2.96. The fraction of sp³-hybridized carbons (Fsp3) is 0.333. The first-order chi connectivity index (χ1) is 8.25. The topological polar surface area (TPSA) is 89.6 Å². The van der Waals surface area contributed by atoms with Crippen molar-refractivity contribution < 1.29 is 23.8 Å². The number of halogens is 1. The van der Waals surface area contributed by atoms with Gasteiger partial charge in [-0.15, -0.1) is 0 Å². The van der Waals surface area contributed by atoms with E-state index in [4.69, 9.17) is 15.6 Å². The molecule has 0 aromatic heterocycles. The average molecular weight is 255 g/mol. The number of carboxylic acid groups (broad SMARTS) is 1. The summed E-state index contributed by atoms with van der Waals surface area (Å²) in [5.41, 5.74) is 3.51.